The summed E-state index contributed by atoms with van der Waals surface area (Å²) in [5, 5.41) is 0. The topological polar surface area (TPSA) is 55.3 Å². The minimum Gasteiger partial charge on any atom is -0.432 e. The molecule has 0 bridgehead atoms. The molecule has 1 saturated heterocycles. The second-order valence-corrected chi connectivity index (χ2v) is 3.95. The summed E-state index contributed by atoms with van der Waals surface area (Å²) in [7, 11) is 0. The summed E-state index contributed by atoms with van der Waals surface area (Å²) >= 11 is 0. The Morgan fingerprint density at radius 3 is 3.07 bits per heavy atom. The standard InChI is InChI=1S/C10H17N3O/c1-8-7-14-10(12-8)13-5-2-3-9(11)4-6-13/h7,9H,2-6,11H2,1H3. The molecule has 0 radical (unpaired) electrons. The van der Waals surface area contributed by atoms with Gasteiger partial charge in [-0.3, -0.25) is 0 Å². The maximum absolute atomic E-state index is 5.90. The number of rotatable bonds is 1. The third kappa shape index (κ3) is 2.07. The lowest BCUT2D eigenvalue weighted by molar-refractivity contribution is 0.532. The highest BCUT2D eigenvalue weighted by molar-refractivity contribution is 5.26. The van der Waals surface area contributed by atoms with Crippen LogP contribution in [0.5, 0.6) is 0 Å². The molecule has 14 heavy (non-hydrogen) atoms. The summed E-state index contributed by atoms with van der Waals surface area (Å²) in [6.07, 6.45) is 4.96. The smallest absolute Gasteiger partial charge is 0.297 e. The van der Waals surface area contributed by atoms with E-state index in [1.165, 1.54) is 0 Å². The third-order valence-corrected chi connectivity index (χ3v) is 2.65. The first-order chi connectivity index (χ1) is 6.75. The van der Waals surface area contributed by atoms with E-state index in [2.05, 4.69) is 9.88 Å². The SMILES string of the molecule is Cc1coc(N2CCCC(N)CC2)n1. The Hall–Kier alpha value is -1.03. The van der Waals surface area contributed by atoms with E-state index in [9.17, 15) is 0 Å². The summed E-state index contributed by atoms with van der Waals surface area (Å²) in [6, 6.07) is 1.09. The van der Waals surface area contributed by atoms with E-state index in [-0.39, 0.29) is 0 Å². The number of aryl methyl sites for hydroxylation is 1. The van der Waals surface area contributed by atoms with Gasteiger partial charge in [-0.1, -0.05) is 0 Å². The van der Waals surface area contributed by atoms with Gasteiger partial charge in [-0.15, -0.1) is 0 Å². The van der Waals surface area contributed by atoms with Crippen LogP contribution in [-0.4, -0.2) is 24.1 Å². The summed E-state index contributed by atoms with van der Waals surface area (Å²) in [5.74, 6) is 0. The van der Waals surface area contributed by atoms with Crippen molar-refractivity contribution in [3.8, 4) is 0 Å². The van der Waals surface area contributed by atoms with Crippen molar-refractivity contribution in [3.05, 3.63) is 12.0 Å². The molecule has 4 heteroatoms. The van der Waals surface area contributed by atoms with Gasteiger partial charge in [0.15, 0.2) is 0 Å². The van der Waals surface area contributed by atoms with Crippen LogP contribution in [0.2, 0.25) is 0 Å². The van der Waals surface area contributed by atoms with E-state index >= 15 is 0 Å². The Balaban J connectivity index is 2.04. The number of aromatic nitrogens is 1. The molecule has 0 aromatic carbocycles. The van der Waals surface area contributed by atoms with Gasteiger partial charge in [0, 0.05) is 19.1 Å². The zero-order valence-electron chi connectivity index (χ0n) is 8.57. The van der Waals surface area contributed by atoms with Crippen LogP contribution < -0.4 is 10.6 Å². The normalized spacial score (nSPS) is 23.6. The van der Waals surface area contributed by atoms with Crippen LogP contribution in [0.1, 0.15) is 25.0 Å². The van der Waals surface area contributed by atoms with Crippen molar-refractivity contribution in [3.63, 3.8) is 0 Å². The molecule has 0 aliphatic carbocycles. The number of anilines is 1. The summed E-state index contributed by atoms with van der Waals surface area (Å²) in [4.78, 5) is 6.50. The second-order valence-electron chi connectivity index (χ2n) is 3.95. The molecular formula is C10H17N3O. The van der Waals surface area contributed by atoms with E-state index in [4.69, 9.17) is 10.2 Å². The van der Waals surface area contributed by atoms with Gasteiger partial charge < -0.3 is 15.1 Å². The average molecular weight is 195 g/mol. The largest absolute Gasteiger partial charge is 0.432 e. The van der Waals surface area contributed by atoms with Crippen molar-refractivity contribution in [1.29, 1.82) is 0 Å². The molecule has 1 aliphatic rings. The molecule has 1 aromatic rings. The fourth-order valence-corrected chi connectivity index (χ4v) is 1.80. The maximum atomic E-state index is 5.90. The summed E-state index contributed by atoms with van der Waals surface area (Å²) in [5.41, 5.74) is 6.84. The monoisotopic (exact) mass is 195 g/mol. The Labute approximate surface area is 84.1 Å². The molecule has 1 aliphatic heterocycles. The Morgan fingerprint density at radius 2 is 2.36 bits per heavy atom. The molecule has 2 N–H and O–H groups in total. The van der Waals surface area contributed by atoms with Crippen molar-refractivity contribution < 1.29 is 4.42 Å². The Morgan fingerprint density at radius 1 is 1.50 bits per heavy atom. The first-order valence-corrected chi connectivity index (χ1v) is 5.18. The number of hydrogen-bond acceptors (Lipinski definition) is 4. The molecule has 0 spiro atoms. The fourth-order valence-electron chi connectivity index (χ4n) is 1.80. The second kappa shape index (κ2) is 4.00. The average Bonchev–Trinajstić information content (AvgIpc) is 2.46. The minimum absolute atomic E-state index is 0.344. The number of nitrogens with zero attached hydrogens (tertiary/aromatic N) is 2. The lowest BCUT2D eigenvalue weighted by Gasteiger charge is -2.17. The van der Waals surface area contributed by atoms with Crippen LogP contribution in [-0.2, 0) is 0 Å². The molecule has 2 heterocycles. The van der Waals surface area contributed by atoms with E-state index in [1.54, 1.807) is 6.26 Å². The Kier molecular flexibility index (Phi) is 2.72. The first kappa shape index (κ1) is 9.52. The Bertz CT molecular complexity index is 297. The van der Waals surface area contributed by atoms with Gasteiger partial charge in [-0.2, -0.15) is 4.98 Å². The predicted molar refractivity (Wildman–Crippen MR) is 55.3 cm³/mol. The molecular weight excluding hydrogens is 178 g/mol. The third-order valence-electron chi connectivity index (χ3n) is 2.65. The molecule has 2 rings (SSSR count). The van der Waals surface area contributed by atoms with Gasteiger partial charge in [-0.25, -0.2) is 0 Å². The van der Waals surface area contributed by atoms with Crippen molar-refractivity contribution >= 4 is 6.01 Å². The first-order valence-electron chi connectivity index (χ1n) is 5.18. The number of hydrogen-bond donors (Lipinski definition) is 1. The lowest BCUT2D eigenvalue weighted by Crippen LogP contribution is -2.26. The lowest BCUT2D eigenvalue weighted by atomic mass is 10.1. The van der Waals surface area contributed by atoms with E-state index in [1.807, 2.05) is 6.92 Å². The molecule has 1 unspecified atom stereocenters. The highest BCUT2D eigenvalue weighted by atomic mass is 16.4. The van der Waals surface area contributed by atoms with Crippen LogP contribution in [0.4, 0.5) is 6.01 Å². The van der Waals surface area contributed by atoms with Gasteiger partial charge in [-0.05, 0) is 26.2 Å². The molecule has 1 atom stereocenters. The van der Waals surface area contributed by atoms with Gasteiger partial charge >= 0.3 is 0 Å². The molecule has 0 saturated carbocycles. The minimum atomic E-state index is 0.344. The number of oxazole rings is 1. The maximum Gasteiger partial charge on any atom is 0.297 e. The van der Waals surface area contributed by atoms with Crippen LogP contribution in [0.15, 0.2) is 10.7 Å². The van der Waals surface area contributed by atoms with Gasteiger partial charge in [0.05, 0.1) is 5.69 Å². The van der Waals surface area contributed by atoms with E-state index in [0.717, 1.165) is 44.1 Å². The van der Waals surface area contributed by atoms with Crippen molar-refractivity contribution in [2.75, 3.05) is 18.0 Å². The van der Waals surface area contributed by atoms with Crippen molar-refractivity contribution in [1.82, 2.24) is 4.98 Å². The highest BCUT2D eigenvalue weighted by Gasteiger charge is 2.17. The van der Waals surface area contributed by atoms with E-state index in [0.29, 0.717) is 6.04 Å². The van der Waals surface area contributed by atoms with Gasteiger partial charge in [0.25, 0.3) is 6.01 Å². The van der Waals surface area contributed by atoms with Crippen LogP contribution >= 0.6 is 0 Å². The molecule has 4 nitrogen and oxygen atoms in total. The molecule has 1 fully saturated rings. The van der Waals surface area contributed by atoms with Crippen LogP contribution in [0.25, 0.3) is 0 Å². The number of nitrogens with two attached hydrogens (primary N) is 1. The highest BCUT2D eigenvalue weighted by Crippen LogP contribution is 2.17. The quantitative estimate of drug-likeness (QED) is 0.734. The molecule has 78 valence electrons. The molecule has 1 aromatic heterocycles. The zero-order chi connectivity index (χ0) is 9.97. The fraction of sp³-hybridized carbons (Fsp3) is 0.700. The van der Waals surface area contributed by atoms with Gasteiger partial charge in [0.1, 0.15) is 6.26 Å². The summed E-state index contributed by atoms with van der Waals surface area (Å²) < 4.78 is 5.37. The summed E-state index contributed by atoms with van der Waals surface area (Å²) in [6.45, 7) is 3.91. The van der Waals surface area contributed by atoms with Crippen LogP contribution in [0, 0.1) is 6.92 Å². The van der Waals surface area contributed by atoms with Gasteiger partial charge in [0.2, 0.25) is 0 Å². The molecule has 0 amide bonds. The van der Waals surface area contributed by atoms with Crippen LogP contribution in [0.3, 0.4) is 0 Å². The van der Waals surface area contributed by atoms with Crippen molar-refractivity contribution in [2.45, 2.75) is 32.2 Å². The zero-order valence-corrected chi connectivity index (χ0v) is 8.57. The van der Waals surface area contributed by atoms with E-state index < -0.39 is 0 Å². The van der Waals surface area contributed by atoms with Crippen molar-refractivity contribution in [2.24, 2.45) is 5.73 Å². The predicted octanol–water partition coefficient (Wildman–Crippen LogP) is 1.30.